The number of carboxylic acid groups (broad SMARTS) is 1. The van der Waals surface area contributed by atoms with Crippen LogP contribution in [-0.2, 0) is 11.8 Å². The number of benzene rings is 1. The van der Waals surface area contributed by atoms with Crippen molar-refractivity contribution in [2.45, 2.75) is 6.04 Å². The summed E-state index contributed by atoms with van der Waals surface area (Å²) in [7, 11) is 1.69. The molecule has 8 heteroatoms. The lowest BCUT2D eigenvalue weighted by Crippen LogP contribution is -2.58. The van der Waals surface area contributed by atoms with Gasteiger partial charge < -0.3 is 19.5 Å². The van der Waals surface area contributed by atoms with E-state index in [9.17, 15) is 19.1 Å². The molecule has 1 N–H and O–H groups in total. The molecule has 1 fully saturated rings. The summed E-state index contributed by atoms with van der Waals surface area (Å²) in [6.07, 6.45) is 3.13. The summed E-state index contributed by atoms with van der Waals surface area (Å²) < 4.78 is 14.6. The number of carboxylic acids is 1. The highest BCUT2D eigenvalue weighted by molar-refractivity contribution is 5.94. The molecule has 3 rings (SSSR count). The molecule has 0 radical (unpaired) electrons. The molecule has 2 aromatic rings. The lowest BCUT2D eigenvalue weighted by Gasteiger charge is -2.40. The lowest BCUT2D eigenvalue weighted by molar-refractivity contribution is -0.142. The molecule has 2 heterocycles. The molecule has 1 aliphatic heterocycles. The summed E-state index contributed by atoms with van der Waals surface area (Å²) in [6.45, 7) is 0.850. The fourth-order valence-electron chi connectivity index (χ4n) is 2.82. The molecule has 0 saturated carbocycles. The third-order valence-corrected chi connectivity index (χ3v) is 4.13. The molecule has 24 heavy (non-hydrogen) atoms. The van der Waals surface area contributed by atoms with E-state index < -0.39 is 17.9 Å². The average Bonchev–Trinajstić information content (AvgIpc) is 3.00. The molecule has 0 spiro atoms. The fourth-order valence-corrected chi connectivity index (χ4v) is 2.82. The number of carbonyl (C=O) groups excluding carboxylic acids is 1. The number of aliphatic carboxylic acids is 1. The number of rotatable bonds is 3. The Morgan fingerprint density at radius 3 is 2.54 bits per heavy atom. The van der Waals surface area contributed by atoms with E-state index in [4.69, 9.17) is 0 Å². The summed E-state index contributed by atoms with van der Waals surface area (Å²) in [5.41, 5.74) is 0.728. The highest BCUT2D eigenvalue weighted by Gasteiger charge is 2.37. The van der Waals surface area contributed by atoms with Crippen molar-refractivity contribution < 1.29 is 19.1 Å². The molecule has 1 unspecified atom stereocenters. The van der Waals surface area contributed by atoms with Gasteiger partial charge in [0.05, 0.1) is 0 Å². The van der Waals surface area contributed by atoms with Crippen LogP contribution in [0.1, 0.15) is 10.6 Å². The Morgan fingerprint density at radius 2 is 1.96 bits per heavy atom. The van der Waals surface area contributed by atoms with Crippen LogP contribution in [0, 0.1) is 5.82 Å². The minimum absolute atomic E-state index is 0.136. The van der Waals surface area contributed by atoms with Crippen LogP contribution in [0.15, 0.2) is 36.7 Å². The van der Waals surface area contributed by atoms with Crippen molar-refractivity contribution in [3.63, 3.8) is 0 Å². The highest BCUT2D eigenvalue weighted by Crippen LogP contribution is 2.21. The number of hydrogen-bond donors (Lipinski definition) is 1. The smallest absolute Gasteiger partial charge is 0.328 e. The Bertz CT molecular complexity index is 759. The molecule has 126 valence electrons. The number of halogens is 1. The van der Waals surface area contributed by atoms with Gasteiger partial charge in [-0.3, -0.25) is 4.79 Å². The lowest BCUT2D eigenvalue weighted by atomic mass is 10.1. The third kappa shape index (κ3) is 2.94. The van der Waals surface area contributed by atoms with Gasteiger partial charge in [0.1, 0.15) is 11.9 Å². The van der Waals surface area contributed by atoms with Gasteiger partial charge in [-0.1, -0.05) is 0 Å². The van der Waals surface area contributed by atoms with E-state index in [-0.39, 0.29) is 24.7 Å². The van der Waals surface area contributed by atoms with Crippen LogP contribution in [0.25, 0.3) is 0 Å². The summed E-state index contributed by atoms with van der Waals surface area (Å²) in [5, 5.41) is 9.53. The van der Waals surface area contributed by atoms with Crippen molar-refractivity contribution in [3.05, 3.63) is 48.3 Å². The van der Waals surface area contributed by atoms with E-state index >= 15 is 0 Å². The Kier molecular flexibility index (Phi) is 4.20. The monoisotopic (exact) mass is 332 g/mol. The van der Waals surface area contributed by atoms with Gasteiger partial charge in [-0.2, -0.15) is 0 Å². The quantitative estimate of drug-likeness (QED) is 0.906. The van der Waals surface area contributed by atoms with Gasteiger partial charge in [0.2, 0.25) is 0 Å². The second-order valence-corrected chi connectivity index (χ2v) is 5.64. The molecule has 7 nitrogen and oxygen atoms in total. The molecule has 1 aliphatic rings. The zero-order chi connectivity index (χ0) is 17.3. The van der Waals surface area contributed by atoms with Crippen LogP contribution in [0.3, 0.4) is 0 Å². The largest absolute Gasteiger partial charge is 0.480 e. The number of amides is 1. The van der Waals surface area contributed by atoms with E-state index in [0.717, 1.165) is 5.69 Å². The Balaban J connectivity index is 1.81. The number of aromatic nitrogens is 2. The van der Waals surface area contributed by atoms with Crippen LogP contribution in [0.2, 0.25) is 0 Å². The van der Waals surface area contributed by atoms with Crippen molar-refractivity contribution in [2.75, 3.05) is 24.5 Å². The van der Waals surface area contributed by atoms with E-state index in [0.29, 0.717) is 6.54 Å². The SMILES string of the molecule is Cn1ccnc1C(=O)N1CCN(c2ccc(F)cc2)CC1C(=O)O. The third-order valence-electron chi connectivity index (χ3n) is 4.13. The van der Waals surface area contributed by atoms with Crippen LogP contribution in [-0.4, -0.2) is 57.1 Å². The summed E-state index contributed by atoms with van der Waals surface area (Å²) in [5.74, 6) is -1.63. The zero-order valence-corrected chi connectivity index (χ0v) is 13.1. The van der Waals surface area contributed by atoms with E-state index in [1.165, 1.54) is 23.2 Å². The average molecular weight is 332 g/mol. The Hall–Kier alpha value is -2.90. The number of anilines is 1. The van der Waals surface area contributed by atoms with Crippen LogP contribution in [0.5, 0.6) is 0 Å². The number of aryl methyl sites for hydroxylation is 1. The zero-order valence-electron chi connectivity index (χ0n) is 13.1. The van der Waals surface area contributed by atoms with Gasteiger partial charge in [0.15, 0.2) is 5.82 Å². The molecule has 1 atom stereocenters. The molecular formula is C16H17FN4O3. The van der Waals surface area contributed by atoms with Gasteiger partial charge in [-0.05, 0) is 24.3 Å². The van der Waals surface area contributed by atoms with E-state index in [1.54, 1.807) is 29.9 Å². The molecule has 1 aromatic carbocycles. The first-order valence-electron chi connectivity index (χ1n) is 7.49. The molecule has 1 saturated heterocycles. The van der Waals surface area contributed by atoms with Gasteiger partial charge in [-0.15, -0.1) is 0 Å². The normalized spacial score (nSPS) is 17.8. The van der Waals surface area contributed by atoms with Crippen molar-refractivity contribution in [1.82, 2.24) is 14.5 Å². The predicted molar refractivity (Wildman–Crippen MR) is 84.3 cm³/mol. The van der Waals surface area contributed by atoms with Crippen LogP contribution >= 0.6 is 0 Å². The Labute approximate surface area is 137 Å². The van der Waals surface area contributed by atoms with Gasteiger partial charge >= 0.3 is 5.97 Å². The number of hydrogen-bond acceptors (Lipinski definition) is 4. The van der Waals surface area contributed by atoms with Crippen molar-refractivity contribution >= 4 is 17.6 Å². The molecule has 1 amide bonds. The minimum atomic E-state index is -1.08. The number of nitrogens with zero attached hydrogens (tertiary/aromatic N) is 4. The number of carbonyl (C=O) groups is 2. The van der Waals surface area contributed by atoms with Gasteiger partial charge in [0.25, 0.3) is 5.91 Å². The number of imidazole rings is 1. The fraction of sp³-hybridized carbons (Fsp3) is 0.312. The first-order valence-corrected chi connectivity index (χ1v) is 7.49. The standard InChI is InChI=1S/C16H17FN4O3/c1-19-7-6-18-14(19)15(22)21-9-8-20(10-13(21)16(23)24)12-4-2-11(17)3-5-12/h2-7,13H,8-10H2,1H3,(H,23,24). The number of piperazine rings is 1. The topological polar surface area (TPSA) is 78.7 Å². The second kappa shape index (κ2) is 6.31. The maximum absolute atomic E-state index is 13.0. The molecular weight excluding hydrogens is 315 g/mol. The highest BCUT2D eigenvalue weighted by atomic mass is 19.1. The van der Waals surface area contributed by atoms with Crippen LogP contribution in [0.4, 0.5) is 10.1 Å². The van der Waals surface area contributed by atoms with Crippen molar-refractivity contribution in [3.8, 4) is 0 Å². The minimum Gasteiger partial charge on any atom is -0.480 e. The van der Waals surface area contributed by atoms with Crippen LogP contribution < -0.4 is 4.90 Å². The maximum Gasteiger partial charge on any atom is 0.328 e. The van der Waals surface area contributed by atoms with E-state index in [1.807, 2.05) is 4.90 Å². The maximum atomic E-state index is 13.0. The summed E-state index contributed by atoms with van der Waals surface area (Å²) >= 11 is 0. The van der Waals surface area contributed by atoms with Gasteiger partial charge in [0, 0.05) is 44.8 Å². The van der Waals surface area contributed by atoms with E-state index in [2.05, 4.69) is 4.98 Å². The van der Waals surface area contributed by atoms with Gasteiger partial charge in [-0.25, -0.2) is 14.2 Å². The molecule has 0 bridgehead atoms. The Morgan fingerprint density at radius 1 is 1.25 bits per heavy atom. The predicted octanol–water partition coefficient (Wildman–Crippen LogP) is 0.975. The summed E-state index contributed by atoms with van der Waals surface area (Å²) in [4.78, 5) is 31.4. The molecule has 0 aliphatic carbocycles. The summed E-state index contributed by atoms with van der Waals surface area (Å²) in [6, 6.07) is 4.87. The first-order chi connectivity index (χ1) is 11.5. The van der Waals surface area contributed by atoms with Crippen molar-refractivity contribution in [1.29, 1.82) is 0 Å². The van der Waals surface area contributed by atoms with Crippen molar-refractivity contribution in [2.24, 2.45) is 7.05 Å². The molecule has 1 aromatic heterocycles. The second-order valence-electron chi connectivity index (χ2n) is 5.64. The first kappa shape index (κ1) is 16.0.